The molecule has 4 aromatic rings. The molecule has 2 aromatic carbocycles. The lowest BCUT2D eigenvalue weighted by atomic mass is 10.1. The molecule has 0 radical (unpaired) electrons. The molecule has 1 unspecified atom stereocenters. The number of rotatable bonds is 12. The van der Waals surface area contributed by atoms with E-state index in [4.69, 9.17) is 9.47 Å². The highest BCUT2D eigenvalue weighted by Crippen LogP contribution is 2.12. The molecule has 2 aromatic heterocycles. The van der Waals surface area contributed by atoms with Gasteiger partial charge in [0.05, 0.1) is 18.3 Å². The van der Waals surface area contributed by atoms with Crippen LogP contribution in [0.1, 0.15) is 22.3 Å². The number of fused-ring (bicyclic) bond motifs is 1. The standard InChI is InChI=1S/C25H27N7O5/c33-22(18-7-8-19-14-30-32-20(19)13-18)29-15-21(31-25(35)37-16-17-5-2-1-3-6-17)23(34)36-12-4-9-26-24-27-10-11-28-24/h1-3,5-8,10-11,13-14,21H,4,9,12,15-16H2,(H,29,33)(H,30,32)(H,31,35)(H2,26,27,28). The van der Waals surface area contributed by atoms with Crippen LogP contribution in [-0.4, -0.2) is 63.9 Å². The second-order valence-corrected chi connectivity index (χ2v) is 8.03. The number of hydrogen-bond acceptors (Lipinski definition) is 8. The van der Waals surface area contributed by atoms with Crippen LogP contribution in [0.4, 0.5) is 10.7 Å². The number of hydrogen-bond donors (Lipinski definition) is 5. The van der Waals surface area contributed by atoms with Crippen LogP contribution < -0.4 is 16.0 Å². The Kier molecular flexibility index (Phi) is 8.68. The van der Waals surface area contributed by atoms with E-state index in [1.54, 1.807) is 36.8 Å². The van der Waals surface area contributed by atoms with Crippen LogP contribution in [-0.2, 0) is 20.9 Å². The third-order valence-corrected chi connectivity index (χ3v) is 5.32. The number of nitrogens with one attached hydrogen (secondary N) is 5. The van der Waals surface area contributed by atoms with E-state index in [0.717, 1.165) is 10.9 Å². The van der Waals surface area contributed by atoms with Gasteiger partial charge in [0.1, 0.15) is 12.6 Å². The Hall–Kier alpha value is -4.87. The maximum Gasteiger partial charge on any atom is 0.408 e. The zero-order chi connectivity index (χ0) is 25.9. The Morgan fingerprint density at radius 1 is 1.05 bits per heavy atom. The van der Waals surface area contributed by atoms with Gasteiger partial charge in [-0.2, -0.15) is 5.10 Å². The fourth-order valence-electron chi connectivity index (χ4n) is 3.39. The predicted octanol–water partition coefficient (Wildman–Crippen LogP) is 2.36. The number of esters is 1. The van der Waals surface area contributed by atoms with Crippen LogP contribution in [0, 0.1) is 0 Å². The first-order valence-corrected chi connectivity index (χ1v) is 11.7. The van der Waals surface area contributed by atoms with E-state index in [0.29, 0.717) is 30.0 Å². The topological polar surface area (TPSA) is 163 Å². The van der Waals surface area contributed by atoms with E-state index in [1.807, 2.05) is 30.3 Å². The van der Waals surface area contributed by atoms with Gasteiger partial charge in [-0.3, -0.25) is 9.89 Å². The predicted molar refractivity (Wildman–Crippen MR) is 135 cm³/mol. The van der Waals surface area contributed by atoms with Crippen LogP contribution in [0.2, 0.25) is 0 Å². The van der Waals surface area contributed by atoms with Crippen molar-refractivity contribution in [2.45, 2.75) is 19.1 Å². The number of anilines is 1. The maximum atomic E-state index is 12.7. The normalized spacial score (nSPS) is 11.5. The number of aromatic nitrogens is 4. The third-order valence-electron chi connectivity index (χ3n) is 5.32. The largest absolute Gasteiger partial charge is 0.464 e. The molecule has 12 nitrogen and oxygen atoms in total. The van der Waals surface area contributed by atoms with E-state index in [2.05, 4.69) is 36.1 Å². The van der Waals surface area contributed by atoms with E-state index in [9.17, 15) is 14.4 Å². The Morgan fingerprint density at radius 2 is 1.92 bits per heavy atom. The Morgan fingerprint density at radius 3 is 2.73 bits per heavy atom. The zero-order valence-electron chi connectivity index (χ0n) is 19.9. The summed E-state index contributed by atoms with van der Waals surface area (Å²) in [6.45, 7) is 0.465. The molecule has 0 spiro atoms. The quantitative estimate of drug-likeness (QED) is 0.145. The monoisotopic (exact) mass is 505 g/mol. The van der Waals surface area contributed by atoms with Crippen molar-refractivity contribution in [2.24, 2.45) is 0 Å². The highest BCUT2D eigenvalue weighted by molar-refractivity contribution is 5.98. The van der Waals surface area contributed by atoms with Crippen molar-refractivity contribution in [3.8, 4) is 0 Å². The summed E-state index contributed by atoms with van der Waals surface area (Å²) >= 11 is 0. The molecule has 37 heavy (non-hydrogen) atoms. The average Bonchev–Trinajstić information content (AvgIpc) is 3.61. The first kappa shape index (κ1) is 25.2. The Labute approximate surface area is 212 Å². The van der Waals surface area contributed by atoms with Gasteiger partial charge in [0.15, 0.2) is 5.95 Å². The van der Waals surface area contributed by atoms with Crippen LogP contribution in [0.25, 0.3) is 10.9 Å². The molecular formula is C25H27N7O5. The van der Waals surface area contributed by atoms with Crippen LogP contribution in [0.15, 0.2) is 67.1 Å². The van der Waals surface area contributed by atoms with Gasteiger partial charge in [-0.1, -0.05) is 36.4 Å². The van der Waals surface area contributed by atoms with Gasteiger partial charge >= 0.3 is 12.1 Å². The number of benzene rings is 2. The Balaban J connectivity index is 1.30. The van der Waals surface area contributed by atoms with Crippen molar-refractivity contribution in [1.29, 1.82) is 0 Å². The number of H-pyrrole nitrogens is 2. The summed E-state index contributed by atoms with van der Waals surface area (Å²) in [5, 5.41) is 15.8. The van der Waals surface area contributed by atoms with Gasteiger partial charge in [-0.05, 0) is 24.1 Å². The SMILES string of the molecule is O=C(NC(CNC(=O)c1ccc2cn[nH]c2c1)C(=O)OCCCNc1ncc[nH]1)OCc1ccccc1. The third kappa shape index (κ3) is 7.56. The first-order valence-electron chi connectivity index (χ1n) is 11.7. The van der Waals surface area contributed by atoms with E-state index >= 15 is 0 Å². The van der Waals surface area contributed by atoms with E-state index < -0.39 is 24.0 Å². The summed E-state index contributed by atoms with van der Waals surface area (Å²) in [5.74, 6) is -0.501. The van der Waals surface area contributed by atoms with Crippen molar-refractivity contribution in [3.05, 3.63) is 78.2 Å². The highest BCUT2D eigenvalue weighted by atomic mass is 16.6. The molecule has 0 aliphatic rings. The minimum absolute atomic E-state index is 0.0312. The fourth-order valence-corrected chi connectivity index (χ4v) is 3.39. The second kappa shape index (κ2) is 12.7. The van der Waals surface area contributed by atoms with Crippen LogP contribution in [0.3, 0.4) is 0 Å². The van der Waals surface area contributed by atoms with Gasteiger partial charge in [-0.25, -0.2) is 14.6 Å². The molecule has 1 atom stereocenters. The van der Waals surface area contributed by atoms with Crippen molar-refractivity contribution >= 4 is 34.8 Å². The minimum atomic E-state index is -1.15. The molecule has 2 amide bonds. The van der Waals surface area contributed by atoms with E-state index in [1.165, 1.54) is 0 Å². The van der Waals surface area contributed by atoms with Crippen molar-refractivity contribution in [2.75, 3.05) is 25.0 Å². The lowest BCUT2D eigenvalue weighted by Crippen LogP contribution is -2.49. The molecular weight excluding hydrogens is 478 g/mol. The molecule has 0 aliphatic heterocycles. The van der Waals surface area contributed by atoms with Crippen LogP contribution in [0.5, 0.6) is 0 Å². The molecule has 5 N–H and O–H groups in total. The number of alkyl carbamates (subject to hydrolysis) is 1. The number of nitrogens with zero attached hydrogens (tertiary/aromatic N) is 2. The smallest absolute Gasteiger partial charge is 0.408 e. The number of ether oxygens (including phenoxy) is 2. The van der Waals surface area contributed by atoms with Crippen molar-refractivity contribution in [3.63, 3.8) is 0 Å². The molecule has 12 heteroatoms. The summed E-state index contributed by atoms with van der Waals surface area (Å²) < 4.78 is 10.5. The lowest BCUT2D eigenvalue weighted by molar-refractivity contribution is -0.145. The van der Waals surface area contributed by atoms with E-state index in [-0.39, 0.29) is 19.8 Å². The molecule has 0 saturated heterocycles. The molecule has 192 valence electrons. The van der Waals surface area contributed by atoms with Crippen molar-refractivity contribution < 1.29 is 23.9 Å². The molecule has 2 heterocycles. The number of amides is 2. The minimum Gasteiger partial charge on any atom is -0.464 e. The van der Waals surface area contributed by atoms with Crippen LogP contribution >= 0.6 is 0 Å². The zero-order valence-corrected chi connectivity index (χ0v) is 19.9. The maximum absolute atomic E-state index is 12.7. The summed E-state index contributed by atoms with van der Waals surface area (Å²) in [4.78, 5) is 44.8. The number of imidazole rings is 1. The summed E-state index contributed by atoms with van der Waals surface area (Å²) in [5.41, 5.74) is 1.87. The van der Waals surface area contributed by atoms with Gasteiger partial charge in [0.2, 0.25) is 0 Å². The number of aromatic amines is 2. The molecule has 4 rings (SSSR count). The van der Waals surface area contributed by atoms with Gasteiger partial charge in [-0.15, -0.1) is 0 Å². The molecule has 0 aliphatic carbocycles. The van der Waals surface area contributed by atoms with Gasteiger partial charge in [0.25, 0.3) is 5.91 Å². The lowest BCUT2D eigenvalue weighted by Gasteiger charge is -2.18. The highest BCUT2D eigenvalue weighted by Gasteiger charge is 2.24. The number of carbonyl (C=O) groups is 3. The van der Waals surface area contributed by atoms with Gasteiger partial charge in [0, 0.05) is 36.4 Å². The first-order chi connectivity index (χ1) is 18.1. The average molecular weight is 506 g/mol. The molecule has 0 fully saturated rings. The molecule has 0 saturated carbocycles. The summed E-state index contributed by atoms with van der Waals surface area (Å²) in [6.07, 6.45) is 4.67. The van der Waals surface area contributed by atoms with Crippen molar-refractivity contribution in [1.82, 2.24) is 30.8 Å². The second-order valence-electron chi connectivity index (χ2n) is 8.03. The Bertz CT molecular complexity index is 1310. The number of carbonyl (C=O) groups excluding carboxylic acids is 3. The van der Waals surface area contributed by atoms with Gasteiger partial charge < -0.3 is 30.4 Å². The summed E-state index contributed by atoms with van der Waals surface area (Å²) in [7, 11) is 0. The summed E-state index contributed by atoms with van der Waals surface area (Å²) in [6, 6.07) is 13.0. The molecule has 0 bridgehead atoms. The fraction of sp³-hybridized carbons (Fsp3) is 0.240.